The van der Waals surface area contributed by atoms with Crippen molar-refractivity contribution in [1.82, 2.24) is 0 Å². The molecule has 0 saturated heterocycles. The van der Waals surface area contributed by atoms with Crippen molar-refractivity contribution < 1.29 is 14.3 Å². The second-order valence-corrected chi connectivity index (χ2v) is 7.20. The molecular weight excluding hydrogens is 456 g/mol. The Morgan fingerprint density at radius 1 is 1.31 bits per heavy atom. The lowest BCUT2D eigenvalue weighted by Gasteiger charge is -2.13. The molecule has 29 heavy (non-hydrogen) atoms. The summed E-state index contributed by atoms with van der Waals surface area (Å²) in [5.74, 6) is 0.504. The van der Waals surface area contributed by atoms with Crippen LogP contribution in [0.1, 0.15) is 18.1 Å². The van der Waals surface area contributed by atoms with Crippen LogP contribution in [0, 0.1) is 18.3 Å². The Balaban J connectivity index is 2.34. The molecule has 1 amide bonds. The van der Waals surface area contributed by atoms with E-state index in [0.29, 0.717) is 45.5 Å². The number of aryl methyl sites for hydroxylation is 1. The van der Waals surface area contributed by atoms with E-state index in [9.17, 15) is 10.1 Å². The second-order valence-electron chi connectivity index (χ2n) is 5.94. The number of benzene rings is 2. The third-order valence-electron chi connectivity index (χ3n) is 3.81. The van der Waals surface area contributed by atoms with Gasteiger partial charge < -0.3 is 14.8 Å². The van der Waals surface area contributed by atoms with E-state index in [1.54, 1.807) is 36.4 Å². The summed E-state index contributed by atoms with van der Waals surface area (Å²) in [4.78, 5) is 12.5. The topological polar surface area (TPSA) is 71.3 Å². The SMILES string of the molecule is C=CCOc1cc(Br)c(/C=C(/C#N)C(=O)Nc2ccc(C)c(Cl)c2)cc1OCC. The van der Waals surface area contributed by atoms with Gasteiger partial charge in [-0.05, 0) is 55.3 Å². The molecule has 0 fully saturated rings. The molecule has 0 aliphatic carbocycles. The molecule has 0 aliphatic rings. The molecule has 0 spiro atoms. The summed E-state index contributed by atoms with van der Waals surface area (Å²) in [6, 6.07) is 10.5. The number of carbonyl (C=O) groups excluding carboxylic acids is 1. The standard InChI is InChI=1S/C22H20BrClN2O3/c1-4-8-29-21-12-18(23)15(10-20(21)28-5-2)9-16(13-25)22(27)26-17-7-6-14(3)19(24)11-17/h4,6-7,9-12H,1,5,8H2,2-3H3,(H,26,27)/b16-9-. The Kier molecular flexibility index (Phi) is 8.32. The number of nitriles is 1. The fourth-order valence-electron chi connectivity index (χ4n) is 2.36. The minimum Gasteiger partial charge on any atom is -0.490 e. The van der Waals surface area contributed by atoms with Gasteiger partial charge in [-0.25, -0.2) is 0 Å². The third kappa shape index (κ3) is 6.11. The van der Waals surface area contributed by atoms with Crippen molar-refractivity contribution in [2.45, 2.75) is 13.8 Å². The van der Waals surface area contributed by atoms with Gasteiger partial charge >= 0.3 is 0 Å². The normalized spacial score (nSPS) is 10.8. The van der Waals surface area contributed by atoms with E-state index >= 15 is 0 Å². The van der Waals surface area contributed by atoms with Crippen LogP contribution in [0.5, 0.6) is 11.5 Å². The number of ether oxygens (including phenoxy) is 2. The molecule has 1 N–H and O–H groups in total. The summed E-state index contributed by atoms with van der Waals surface area (Å²) < 4.78 is 11.9. The number of amides is 1. The van der Waals surface area contributed by atoms with Crippen molar-refractivity contribution in [2.75, 3.05) is 18.5 Å². The number of hydrogen-bond donors (Lipinski definition) is 1. The molecule has 0 atom stereocenters. The Morgan fingerprint density at radius 3 is 2.66 bits per heavy atom. The molecular formula is C22H20BrClN2O3. The minimum absolute atomic E-state index is 0.0652. The van der Waals surface area contributed by atoms with Crippen LogP contribution in [0.4, 0.5) is 5.69 Å². The molecule has 0 radical (unpaired) electrons. The molecule has 0 heterocycles. The van der Waals surface area contributed by atoms with Crippen molar-refractivity contribution in [3.05, 3.63) is 69.2 Å². The van der Waals surface area contributed by atoms with Crippen LogP contribution in [0.2, 0.25) is 5.02 Å². The van der Waals surface area contributed by atoms with Crippen LogP contribution < -0.4 is 14.8 Å². The second kappa shape index (κ2) is 10.7. The van der Waals surface area contributed by atoms with Crippen molar-refractivity contribution in [1.29, 1.82) is 5.26 Å². The van der Waals surface area contributed by atoms with Crippen LogP contribution >= 0.6 is 27.5 Å². The van der Waals surface area contributed by atoms with Gasteiger partial charge in [0.1, 0.15) is 18.2 Å². The van der Waals surface area contributed by atoms with Crippen molar-refractivity contribution in [3.63, 3.8) is 0 Å². The van der Waals surface area contributed by atoms with Gasteiger partial charge in [0.2, 0.25) is 0 Å². The fourth-order valence-corrected chi connectivity index (χ4v) is 2.98. The summed E-state index contributed by atoms with van der Waals surface area (Å²) in [6.07, 6.45) is 3.11. The number of nitrogens with one attached hydrogen (secondary N) is 1. The number of halogens is 2. The lowest BCUT2D eigenvalue weighted by Crippen LogP contribution is -2.13. The van der Waals surface area contributed by atoms with E-state index in [1.165, 1.54) is 6.08 Å². The predicted octanol–water partition coefficient (Wildman–Crippen LogP) is 5.92. The van der Waals surface area contributed by atoms with Gasteiger partial charge in [-0.1, -0.05) is 46.3 Å². The summed E-state index contributed by atoms with van der Waals surface area (Å²) >= 11 is 9.54. The maximum absolute atomic E-state index is 12.5. The number of rotatable bonds is 8. The first-order valence-corrected chi connectivity index (χ1v) is 9.96. The molecule has 7 heteroatoms. The summed E-state index contributed by atoms with van der Waals surface area (Å²) in [6.45, 7) is 8.12. The van der Waals surface area contributed by atoms with Gasteiger partial charge in [0, 0.05) is 15.2 Å². The average molecular weight is 476 g/mol. The highest BCUT2D eigenvalue weighted by atomic mass is 79.9. The largest absolute Gasteiger partial charge is 0.490 e. The molecule has 5 nitrogen and oxygen atoms in total. The Bertz CT molecular complexity index is 996. The average Bonchev–Trinajstić information content (AvgIpc) is 2.69. The van der Waals surface area contributed by atoms with E-state index in [2.05, 4.69) is 27.8 Å². The van der Waals surface area contributed by atoms with E-state index in [0.717, 1.165) is 5.56 Å². The van der Waals surface area contributed by atoms with Gasteiger partial charge in [0.15, 0.2) is 11.5 Å². The molecule has 2 rings (SSSR count). The number of hydrogen-bond acceptors (Lipinski definition) is 4. The van der Waals surface area contributed by atoms with Crippen molar-refractivity contribution >= 4 is 45.2 Å². The van der Waals surface area contributed by atoms with E-state index < -0.39 is 5.91 Å². The first-order chi connectivity index (χ1) is 13.9. The molecule has 2 aromatic carbocycles. The van der Waals surface area contributed by atoms with Gasteiger partial charge in [-0.15, -0.1) is 0 Å². The highest BCUT2D eigenvalue weighted by Crippen LogP contribution is 2.35. The van der Waals surface area contributed by atoms with E-state index in [4.69, 9.17) is 21.1 Å². The summed E-state index contributed by atoms with van der Waals surface area (Å²) in [5, 5.41) is 12.7. The maximum atomic E-state index is 12.5. The highest BCUT2D eigenvalue weighted by Gasteiger charge is 2.14. The number of nitrogens with zero attached hydrogens (tertiary/aromatic N) is 1. The van der Waals surface area contributed by atoms with Crippen LogP contribution in [-0.4, -0.2) is 19.1 Å². The summed E-state index contributed by atoms with van der Waals surface area (Å²) in [7, 11) is 0. The molecule has 0 aromatic heterocycles. The fraction of sp³-hybridized carbons (Fsp3) is 0.182. The predicted molar refractivity (Wildman–Crippen MR) is 119 cm³/mol. The molecule has 0 saturated carbocycles. The van der Waals surface area contributed by atoms with Crippen LogP contribution in [-0.2, 0) is 4.79 Å². The molecule has 2 aromatic rings. The highest BCUT2D eigenvalue weighted by molar-refractivity contribution is 9.10. The zero-order chi connectivity index (χ0) is 21.4. The Hall–Kier alpha value is -2.75. The van der Waals surface area contributed by atoms with E-state index in [-0.39, 0.29) is 5.57 Å². The third-order valence-corrected chi connectivity index (χ3v) is 4.91. The molecule has 0 unspecified atom stereocenters. The lowest BCUT2D eigenvalue weighted by atomic mass is 10.1. The number of carbonyl (C=O) groups is 1. The van der Waals surface area contributed by atoms with Gasteiger partial charge in [-0.2, -0.15) is 5.26 Å². The van der Waals surface area contributed by atoms with Crippen LogP contribution in [0.3, 0.4) is 0 Å². The van der Waals surface area contributed by atoms with E-state index in [1.807, 2.05) is 19.9 Å². The Labute approximate surface area is 183 Å². The quantitative estimate of drug-likeness (QED) is 0.292. The first kappa shape index (κ1) is 22.5. The molecule has 0 aliphatic heterocycles. The molecule has 0 bridgehead atoms. The van der Waals surface area contributed by atoms with Crippen LogP contribution in [0.25, 0.3) is 6.08 Å². The zero-order valence-corrected chi connectivity index (χ0v) is 18.4. The Morgan fingerprint density at radius 2 is 2.03 bits per heavy atom. The maximum Gasteiger partial charge on any atom is 0.266 e. The smallest absolute Gasteiger partial charge is 0.266 e. The monoisotopic (exact) mass is 474 g/mol. The van der Waals surface area contributed by atoms with Crippen molar-refractivity contribution in [2.24, 2.45) is 0 Å². The minimum atomic E-state index is -0.538. The van der Waals surface area contributed by atoms with Gasteiger partial charge in [0.25, 0.3) is 5.91 Å². The van der Waals surface area contributed by atoms with Crippen molar-refractivity contribution in [3.8, 4) is 17.6 Å². The molecule has 150 valence electrons. The van der Waals surface area contributed by atoms with Crippen LogP contribution in [0.15, 0.2) is 53.0 Å². The number of anilines is 1. The summed E-state index contributed by atoms with van der Waals surface area (Å²) in [5.41, 5.74) is 1.94. The lowest BCUT2D eigenvalue weighted by molar-refractivity contribution is -0.112. The zero-order valence-electron chi connectivity index (χ0n) is 16.1. The van der Waals surface area contributed by atoms with Gasteiger partial charge in [0.05, 0.1) is 6.61 Å². The first-order valence-electron chi connectivity index (χ1n) is 8.78. The van der Waals surface area contributed by atoms with Gasteiger partial charge in [-0.3, -0.25) is 4.79 Å².